The van der Waals surface area contributed by atoms with E-state index in [2.05, 4.69) is 27.3 Å². The van der Waals surface area contributed by atoms with E-state index in [0.29, 0.717) is 11.1 Å². The van der Waals surface area contributed by atoms with E-state index in [1.807, 2.05) is 6.92 Å². The fourth-order valence-electron chi connectivity index (χ4n) is 3.01. The summed E-state index contributed by atoms with van der Waals surface area (Å²) in [6.45, 7) is 4.28. The minimum absolute atomic E-state index is 0.0130. The summed E-state index contributed by atoms with van der Waals surface area (Å²) in [5.41, 5.74) is 2.29. The van der Waals surface area contributed by atoms with Crippen molar-refractivity contribution in [1.29, 1.82) is 0 Å². The van der Waals surface area contributed by atoms with E-state index in [-0.39, 0.29) is 5.56 Å². The monoisotopic (exact) mass is 363 g/mol. The highest BCUT2D eigenvalue weighted by Crippen LogP contribution is 2.36. The largest absolute Gasteiger partial charge is 0.301 e. The Morgan fingerprint density at radius 3 is 3.09 bits per heavy atom. The Balaban J connectivity index is 1.66. The molecule has 0 spiro atoms. The Hall–Kier alpha value is -1.18. The first kappa shape index (κ1) is 15.4. The number of fused-ring (bicyclic) bond motifs is 3. The highest BCUT2D eigenvalue weighted by molar-refractivity contribution is 7.98. The summed E-state index contributed by atoms with van der Waals surface area (Å²) >= 11 is 4.89. The van der Waals surface area contributed by atoms with Crippen molar-refractivity contribution < 1.29 is 0 Å². The second-order valence-corrected chi connectivity index (χ2v) is 9.16. The van der Waals surface area contributed by atoms with Crippen LogP contribution < -0.4 is 5.56 Å². The SMILES string of the molecule is Cc1nc(CSc2nc3sc4c(c3c(=O)[nH]2)CC[C@H](C)C4)cs1. The molecule has 23 heavy (non-hydrogen) atoms. The molecule has 3 heterocycles. The number of thioether (sulfide) groups is 1. The molecule has 0 saturated heterocycles. The van der Waals surface area contributed by atoms with Crippen molar-refractivity contribution in [3.8, 4) is 0 Å². The normalized spacial score (nSPS) is 17.6. The molecule has 0 bridgehead atoms. The number of hydrogen-bond acceptors (Lipinski definition) is 6. The van der Waals surface area contributed by atoms with E-state index in [9.17, 15) is 4.79 Å². The molecular weight excluding hydrogens is 346 g/mol. The van der Waals surface area contributed by atoms with Crippen molar-refractivity contribution >= 4 is 44.7 Å². The molecule has 3 aromatic heterocycles. The molecule has 4 nitrogen and oxygen atoms in total. The van der Waals surface area contributed by atoms with Crippen LogP contribution in [0.15, 0.2) is 15.3 Å². The van der Waals surface area contributed by atoms with Crippen LogP contribution in [0.25, 0.3) is 10.2 Å². The number of nitrogens with one attached hydrogen (secondary N) is 1. The van der Waals surface area contributed by atoms with Crippen LogP contribution in [0, 0.1) is 12.8 Å². The van der Waals surface area contributed by atoms with Gasteiger partial charge in [0.15, 0.2) is 5.16 Å². The van der Waals surface area contributed by atoms with E-state index in [0.717, 1.165) is 45.9 Å². The number of thiophene rings is 1. The van der Waals surface area contributed by atoms with Gasteiger partial charge < -0.3 is 4.98 Å². The van der Waals surface area contributed by atoms with Gasteiger partial charge in [-0.1, -0.05) is 18.7 Å². The van der Waals surface area contributed by atoms with Crippen molar-refractivity contribution in [2.24, 2.45) is 5.92 Å². The maximum atomic E-state index is 12.5. The Bertz CT molecular complexity index is 924. The van der Waals surface area contributed by atoms with Gasteiger partial charge in [-0.3, -0.25) is 4.79 Å². The summed E-state index contributed by atoms with van der Waals surface area (Å²) in [4.78, 5) is 26.9. The summed E-state index contributed by atoms with van der Waals surface area (Å²) < 4.78 is 0. The summed E-state index contributed by atoms with van der Waals surface area (Å²) in [6.07, 6.45) is 3.25. The lowest BCUT2D eigenvalue weighted by Gasteiger charge is -2.17. The van der Waals surface area contributed by atoms with Crippen molar-refractivity contribution in [3.05, 3.63) is 36.9 Å². The average Bonchev–Trinajstić information content (AvgIpc) is 3.07. The molecule has 0 unspecified atom stereocenters. The molecule has 120 valence electrons. The highest BCUT2D eigenvalue weighted by Gasteiger charge is 2.23. The molecule has 1 N–H and O–H groups in total. The Morgan fingerprint density at radius 2 is 2.30 bits per heavy atom. The zero-order valence-corrected chi connectivity index (χ0v) is 15.5. The van der Waals surface area contributed by atoms with E-state index < -0.39 is 0 Å². The summed E-state index contributed by atoms with van der Waals surface area (Å²) in [5, 5.41) is 4.65. The molecule has 7 heteroatoms. The van der Waals surface area contributed by atoms with Gasteiger partial charge in [0.25, 0.3) is 5.56 Å². The van der Waals surface area contributed by atoms with Gasteiger partial charge in [-0.25, -0.2) is 9.97 Å². The molecule has 0 amide bonds. The van der Waals surface area contributed by atoms with E-state index in [1.54, 1.807) is 34.4 Å². The lowest BCUT2D eigenvalue weighted by molar-refractivity contribution is 0.509. The molecule has 0 aromatic carbocycles. The van der Waals surface area contributed by atoms with Crippen LogP contribution in [0.5, 0.6) is 0 Å². The quantitative estimate of drug-likeness (QED) is 0.560. The van der Waals surface area contributed by atoms with Crippen molar-refractivity contribution in [3.63, 3.8) is 0 Å². The molecule has 1 aliphatic rings. The molecule has 4 rings (SSSR count). The Kier molecular flexibility index (Phi) is 4.03. The van der Waals surface area contributed by atoms with Gasteiger partial charge in [-0.2, -0.15) is 0 Å². The summed E-state index contributed by atoms with van der Waals surface area (Å²) in [7, 11) is 0. The maximum Gasteiger partial charge on any atom is 0.260 e. The van der Waals surface area contributed by atoms with Crippen molar-refractivity contribution in [2.45, 2.75) is 44.0 Å². The lowest BCUT2D eigenvalue weighted by Crippen LogP contribution is -2.13. The summed E-state index contributed by atoms with van der Waals surface area (Å²) in [5.74, 6) is 1.44. The first-order valence-electron chi connectivity index (χ1n) is 7.68. The zero-order chi connectivity index (χ0) is 16.0. The second-order valence-electron chi connectivity index (χ2n) is 6.05. The fourth-order valence-corrected chi connectivity index (χ4v) is 5.93. The third-order valence-electron chi connectivity index (χ3n) is 4.17. The molecule has 0 saturated carbocycles. The van der Waals surface area contributed by atoms with E-state index >= 15 is 0 Å². The van der Waals surface area contributed by atoms with Crippen LogP contribution in [-0.4, -0.2) is 15.0 Å². The molecule has 3 aromatic rings. The van der Waals surface area contributed by atoms with Crippen LogP contribution in [0.4, 0.5) is 0 Å². The Morgan fingerprint density at radius 1 is 1.43 bits per heavy atom. The number of rotatable bonds is 3. The molecule has 0 aliphatic heterocycles. The predicted molar refractivity (Wildman–Crippen MR) is 97.8 cm³/mol. The fraction of sp³-hybridized carbons (Fsp3) is 0.438. The first-order chi connectivity index (χ1) is 11.1. The number of hydrogen-bond donors (Lipinski definition) is 1. The molecule has 1 aliphatic carbocycles. The first-order valence-corrected chi connectivity index (χ1v) is 10.4. The van der Waals surface area contributed by atoms with Crippen molar-refractivity contribution in [1.82, 2.24) is 15.0 Å². The minimum Gasteiger partial charge on any atom is -0.301 e. The third-order valence-corrected chi connectivity index (χ3v) is 7.04. The number of aromatic amines is 1. The van der Waals surface area contributed by atoms with Gasteiger partial charge in [0.05, 0.1) is 16.1 Å². The van der Waals surface area contributed by atoms with Crippen molar-refractivity contribution in [2.75, 3.05) is 0 Å². The smallest absolute Gasteiger partial charge is 0.260 e. The number of H-pyrrole nitrogens is 1. The zero-order valence-electron chi connectivity index (χ0n) is 13.0. The second kappa shape index (κ2) is 6.03. The minimum atomic E-state index is 0.0130. The number of aryl methyl sites for hydroxylation is 2. The van der Waals surface area contributed by atoms with Crippen LogP contribution >= 0.6 is 34.4 Å². The standard InChI is InChI=1S/C16H17N3OS3/c1-8-3-4-11-12(5-8)23-15-13(11)14(20)18-16(19-15)22-7-10-6-21-9(2)17-10/h6,8H,3-5,7H2,1-2H3,(H,18,19,20)/t8-/m0/s1. The van der Waals surface area contributed by atoms with Crippen LogP contribution in [0.3, 0.4) is 0 Å². The summed E-state index contributed by atoms with van der Waals surface area (Å²) in [6, 6.07) is 0. The molecule has 0 radical (unpaired) electrons. The maximum absolute atomic E-state index is 12.5. The van der Waals surface area contributed by atoms with Crippen LogP contribution in [-0.2, 0) is 18.6 Å². The predicted octanol–water partition coefficient (Wildman–Crippen LogP) is 4.17. The highest BCUT2D eigenvalue weighted by atomic mass is 32.2. The van der Waals surface area contributed by atoms with E-state index in [4.69, 9.17) is 0 Å². The van der Waals surface area contributed by atoms with Gasteiger partial charge in [-0.05, 0) is 37.7 Å². The van der Waals surface area contributed by atoms with Gasteiger partial charge in [0.2, 0.25) is 0 Å². The van der Waals surface area contributed by atoms with E-state index in [1.165, 1.54) is 10.4 Å². The molecule has 0 fully saturated rings. The van der Waals surface area contributed by atoms with Gasteiger partial charge >= 0.3 is 0 Å². The lowest BCUT2D eigenvalue weighted by atomic mass is 9.89. The van der Waals surface area contributed by atoms with Crippen LogP contribution in [0.1, 0.15) is 34.5 Å². The molecule has 1 atom stereocenters. The van der Waals surface area contributed by atoms with Gasteiger partial charge in [0.1, 0.15) is 4.83 Å². The van der Waals surface area contributed by atoms with Gasteiger partial charge in [-0.15, -0.1) is 22.7 Å². The third kappa shape index (κ3) is 2.97. The topological polar surface area (TPSA) is 58.6 Å². The molecular formula is C16H17N3OS3. The van der Waals surface area contributed by atoms with Gasteiger partial charge in [0, 0.05) is 16.0 Å². The Labute approximate surface area is 146 Å². The van der Waals surface area contributed by atoms with Crippen LogP contribution in [0.2, 0.25) is 0 Å². The number of aromatic nitrogens is 3. The number of thiazole rings is 1. The number of nitrogens with zero attached hydrogens (tertiary/aromatic N) is 2. The average molecular weight is 364 g/mol.